The van der Waals surface area contributed by atoms with Crippen molar-refractivity contribution in [1.29, 1.82) is 0 Å². The molecule has 2 saturated heterocycles. The van der Waals surface area contributed by atoms with E-state index in [-0.39, 0.29) is 17.6 Å². The number of piperidine rings is 1. The van der Waals surface area contributed by atoms with Crippen molar-refractivity contribution in [2.24, 2.45) is 0 Å². The number of amides is 1. The number of carbonyl (C=O) groups is 1. The van der Waals surface area contributed by atoms with Gasteiger partial charge in [-0.1, -0.05) is 5.16 Å². The normalized spacial score (nSPS) is 24.3. The molecule has 0 radical (unpaired) electrons. The molecule has 2 fully saturated rings. The number of fused-ring (bicyclic) bond motifs is 2. The molecule has 5 rings (SSSR count). The van der Waals surface area contributed by atoms with Gasteiger partial charge in [-0.15, -0.1) is 11.3 Å². The van der Waals surface area contributed by atoms with Gasteiger partial charge in [-0.05, 0) is 63.7 Å². The lowest BCUT2D eigenvalue weighted by molar-refractivity contribution is -0.0771. The quantitative estimate of drug-likeness (QED) is 0.857. The first-order valence-electron chi connectivity index (χ1n) is 9.88. The zero-order valence-electron chi connectivity index (χ0n) is 15.6. The zero-order valence-corrected chi connectivity index (χ0v) is 16.4. The van der Waals surface area contributed by atoms with Crippen LogP contribution < -0.4 is 5.32 Å². The predicted molar refractivity (Wildman–Crippen MR) is 102 cm³/mol. The summed E-state index contributed by atoms with van der Waals surface area (Å²) in [5.74, 6) is 0.924. The van der Waals surface area contributed by atoms with E-state index in [2.05, 4.69) is 16.5 Å². The van der Waals surface area contributed by atoms with Gasteiger partial charge in [0, 0.05) is 17.5 Å². The lowest BCUT2D eigenvalue weighted by atomic mass is 9.86. The lowest BCUT2D eigenvalue weighted by Crippen LogP contribution is -2.43. The molecule has 0 bridgehead atoms. The van der Waals surface area contributed by atoms with E-state index >= 15 is 0 Å². The Bertz CT molecular complexity index is 853. The Labute approximate surface area is 162 Å². The van der Waals surface area contributed by atoms with Crippen LogP contribution in [0.2, 0.25) is 0 Å². The molecule has 6 nitrogen and oxygen atoms in total. The molecule has 1 unspecified atom stereocenters. The molecule has 1 spiro atoms. The monoisotopic (exact) mass is 387 g/mol. The fourth-order valence-corrected chi connectivity index (χ4v) is 6.08. The van der Waals surface area contributed by atoms with Crippen LogP contribution in [0, 0.1) is 6.92 Å². The van der Waals surface area contributed by atoms with Crippen molar-refractivity contribution < 1.29 is 14.1 Å². The smallest absolute Gasteiger partial charge is 0.264 e. The number of nitrogens with zero attached hydrogens (tertiary/aromatic N) is 2. The second kappa shape index (κ2) is 6.72. The van der Waals surface area contributed by atoms with Gasteiger partial charge < -0.3 is 19.5 Å². The van der Waals surface area contributed by atoms with Crippen molar-refractivity contribution in [3.05, 3.63) is 38.9 Å². The molecule has 1 atom stereocenters. The molecule has 27 heavy (non-hydrogen) atoms. The number of likely N-dealkylation sites (tertiary alicyclic amines) is 1. The Hall–Kier alpha value is -1.70. The third-order valence-corrected chi connectivity index (χ3v) is 7.43. The van der Waals surface area contributed by atoms with E-state index in [9.17, 15) is 4.79 Å². The van der Waals surface area contributed by atoms with E-state index < -0.39 is 0 Å². The number of aryl methyl sites for hydroxylation is 1. The van der Waals surface area contributed by atoms with Gasteiger partial charge in [0.2, 0.25) is 0 Å². The third kappa shape index (κ3) is 2.92. The van der Waals surface area contributed by atoms with Gasteiger partial charge in [-0.2, -0.15) is 0 Å². The van der Waals surface area contributed by atoms with Crippen molar-refractivity contribution in [2.75, 3.05) is 26.2 Å². The Kier molecular flexibility index (Phi) is 4.33. The van der Waals surface area contributed by atoms with Crippen molar-refractivity contribution in [3.63, 3.8) is 0 Å². The molecule has 3 aliphatic rings. The van der Waals surface area contributed by atoms with Crippen LogP contribution in [-0.4, -0.2) is 42.2 Å². The van der Waals surface area contributed by atoms with Crippen molar-refractivity contribution >= 4 is 17.2 Å². The zero-order chi connectivity index (χ0) is 18.4. The van der Waals surface area contributed by atoms with Crippen LogP contribution in [0.1, 0.15) is 63.3 Å². The summed E-state index contributed by atoms with van der Waals surface area (Å²) in [4.78, 5) is 17.4. The molecule has 3 aliphatic heterocycles. The Morgan fingerprint density at radius 2 is 2.22 bits per heavy atom. The third-order valence-electron chi connectivity index (χ3n) is 6.08. The summed E-state index contributed by atoms with van der Waals surface area (Å²) in [7, 11) is 0. The molecule has 1 N–H and O–H groups in total. The number of thiophene rings is 1. The minimum atomic E-state index is -0.186. The SMILES string of the molecule is Cc1cc(C2CCCN2C(=O)c2cc3c(s2)C2(CCNCC2)OCC3)on1. The van der Waals surface area contributed by atoms with E-state index in [0.29, 0.717) is 0 Å². The average molecular weight is 388 g/mol. The van der Waals surface area contributed by atoms with Crippen LogP contribution in [0.4, 0.5) is 0 Å². The largest absolute Gasteiger partial charge is 0.369 e. The molecule has 5 heterocycles. The summed E-state index contributed by atoms with van der Waals surface area (Å²) in [6.45, 7) is 5.39. The number of hydrogen-bond donors (Lipinski definition) is 1. The number of ether oxygens (including phenoxy) is 1. The van der Waals surface area contributed by atoms with Crippen LogP contribution in [0.3, 0.4) is 0 Å². The highest BCUT2D eigenvalue weighted by molar-refractivity contribution is 7.14. The van der Waals surface area contributed by atoms with Gasteiger partial charge in [0.05, 0.1) is 23.2 Å². The van der Waals surface area contributed by atoms with Crippen LogP contribution in [-0.2, 0) is 16.8 Å². The maximum absolute atomic E-state index is 13.3. The Balaban J connectivity index is 1.44. The summed E-state index contributed by atoms with van der Waals surface area (Å²) in [5.41, 5.74) is 1.98. The first-order chi connectivity index (χ1) is 13.2. The van der Waals surface area contributed by atoms with Crippen LogP contribution in [0.5, 0.6) is 0 Å². The molecule has 2 aromatic heterocycles. The Morgan fingerprint density at radius 1 is 1.37 bits per heavy atom. The van der Waals surface area contributed by atoms with Gasteiger partial charge >= 0.3 is 0 Å². The topological polar surface area (TPSA) is 67.6 Å². The lowest BCUT2D eigenvalue weighted by Gasteiger charge is -2.40. The van der Waals surface area contributed by atoms with E-state index in [1.54, 1.807) is 11.3 Å². The average Bonchev–Trinajstić information content (AvgIpc) is 3.41. The summed E-state index contributed by atoms with van der Waals surface area (Å²) in [6, 6.07) is 4.07. The minimum absolute atomic E-state index is 0.00178. The fourth-order valence-electron chi connectivity index (χ4n) is 4.72. The summed E-state index contributed by atoms with van der Waals surface area (Å²) >= 11 is 1.65. The Morgan fingerprint density at radius 3 is 3.00 bits per heavy atom. The molecular formula is C20H25N3O3S. The van der Waals surface area contributed by atoms with E-state index in [1.165, 1.54) is 10.4 Å². The number of aromatic nitrogens is 1. The molecule has 1 amide bonds. The molecule has 7 heteroatoms. The van der Waals surface area contributed by atoms with E-state index in [0.717, 1.165) is 74.7 Å². The van der Waals surface area contributed by atoms with Crippen LogP contribution in [0.25, 0.3) is 0 Å². The highest BCUT2D eigenvalue weighted by Gasteiger charge is 2.42. The predicted octanol–water partition coefficient (Wildman–Crippen LogP) is 3.17. The second-order valence-electron chi connectivity index (χ2n) is 7.84. The molecule has 0 aliphatic carbocycles. The van der Waals surface area contributed by atoms with E-state index in [1.807, 2.05) is 17.9 Å². The van der Waals surface area contributed by atoms with E-state index in [4.69, 9.17) is 9.26 Å². The number of hydrogen-bond acceptors (Lipinski definition) is 6. The van der Waals surface area contributed by atoms with Crippen LogP contribution in [0.15, 0.2) is 16.7 Å². The van der Waals surface area contributed by atoms with Gasteiger partial charge in [0.15, 0.2) is 5.76 Å². The maximum Gasteiger partial charge on any atom is 0.264 e. The standard InChI is InChI=1S/C20H25N3O3S/c1-13-11-16(26-22-13)15-3-2-9-23(15)19(24)17-12-14-4-10-25-20(18(14)27-17)5-7-21-8-6-20/h11-12,15,21H,2-10H2,1H3. The highest BCUT2D eigenvalue weighted by Crippen LogP contribution is 2.45. The second-order valence-corrected chi connectivity index (χ2v) is 8.89. The summed E-state index contributed by atoms with van der Waals surface area (Å²) in [6.07, 6.45) is 4.80. The summed E-state index contributed by atoms with van der Waals surface area (Å²) in [5, 5.41) is 7.43. The maximum atomic E-state index is 13.3. The summed E-state index contributed by atoms with van der Waals surface area (Å²) < 4.78 is 11.7. The first-order valence-corrected chi connectivity index (χ1v) is 10.7. The minimum Gasteiger partial charge on any atom is -0.369 e. The fraction of sp³-hybridized carbons (Fsp3) is 0.600. The molecule has 144 valence electrons. The van der Waals surface area contributed by atoms with Gasteiger partial charge in [0.1, 0.15) is 5.60 Å². The van der Waals surface area contributed by atoms with Crippen molar-refractivity contribution in [2.45, 2.75) is 50.7 Å². The molecule has 0 aromatic carbocycles. The number of rotatable bonds is 2. The van der Waals surface area contributed by atoms with Crippen molar-refractivity contribution in [3.8, 4) is 0 Å². The van der Waals surface area contributed by atoms with Crippen LogP contribution >= 0.6 is 11.3 Å². The first kappa shape index (κ1) is 17.4. The number of carbonyl (C=O) groups excluding carboxylic acids is 1. The van der Waals surface area contributed by atoms with Crippen molar-refractivity contribution in [1.82, 2.24) is 15.4 Å². The van der Waals surface area contributed by atoms with Gasteiger partial charge in [-0.25, -0.2) is 0 Å². The highest BCUT2D eigenvalue weighted by atomic mass is 32.1. The van der Waals surface area contributed by atoms with Gasteiger partial charge in [-0.3, -0.25) is 4.79 Å². The molecule has 0 saturated carbocycles. The molecular weight excluding hydrogens is 362 g/mol. The van der Waals surface area contributed by atoms with Gasteiger partial charge in [0.25, 0.3) is 5.91 Å². The number of nitrogens with one attached hydrogen (secondary N) is 1. The molecule has 2 aromatic rings.